The molecule has 0 spiro atoms. The van der Waals surface area contributed by atoms with Crippen LogP contribution in [0.2, 0.25) is 0 Å². The summed E-state index contributed by atoms with van der Waals surface area (Å²) in [6.07, 6.45) is 6.02. The van der Waals surface area contributed by atoms with E-state index >= 15 is 0 Å². The fraction of sp³-hybridized carbons (Fsp3) is 0.667. The van der Waals surface area contributed by atoms with Gasteiger partial charge in [0.15, 0.2) is 0 Å². The van der Waals surface area contributed by atoms with Crippen molar-refractivity contribution >= 4 is 5.82 Å². The van der Waals surface area contributed by atoms with E-state index in [9.17, 15) is 4.79 Å². The van der Waals surface area contributed by atoms with E-state index in [1.54, 1.807) is 4.57 Å². The van der Waals surface area contributed by atoms with Crippen LogP contribution in [0.4, 0.5) is 5.82 Å². The Morgan fingerprint density at radius 3 is 2.35 bits per heavy atom. The highest BCUT2D eigenvalue weighted by Crippen LogP contribution is 2.23. The van der Waals surface area contributed by atoms with E-state index in [2.05, 4.69) is 48.5 Å². The number of piperazine rings is 1. The van der Waals surface area contributed by atoms with Gasteiger partial charge in [0.2, 0.25) is 0 Å². The molecule has 0 saturated carbocycles. The number of anilines is 1. The molecule has 31 heavy (non-hydrogen) atoms. The highest BCUT2D eigenvalue weighted by molar-refractivity contribution is 5.41. The van der Waals surface area contributed by atoms with Gasteiger partial charge in [-0.2, -0.15) is 4.98 Å². The molecule has 0 radical (unpaired) electrons. The maximum Gasteiger partial charge on any atom is 0.347 e. The summed E-state index contributed by atoms with van der Waals surface area (Å²) in [7, 11) is 0. The Kier molecular flexibility index (Phi) is 7.81. The second-order valence-corrected chi connectivity index (χ2v) is 9.62. The molecule has 0 amide bonds. The smallest absolute Gasteiger partial charge is 0.347 e. The number of nitrogens with zero attached hydrogens (tertiary/aromatic N) is 6. The number of hydrogen-bond acceptors (Lipinski definition) is 6. The Bertz CT molecular complexity index is 909. The molecule has 1 fully saturated rings. The van der Waals surface area contributed by atoms with Crippen molar-refractivity contribution in [1.29, 1.82) is 0 Å². The highest BCUT2D eigenvalue weighted by Gasteiger charge is 2.23. The van der Waals surface area contributed by atoms with E-state index in [0.29, 0.717) is 0 Å². The van der Waals surface area contributed by atoms with Crippen molar-refractivity contribution < 1.29 is 0 Å². The molecule has 0 N–H and O–H groups in total. The van der Waals surface area contributed by atoms with Gasteiger partial charge in [0.05, 0.1) is 0 Å². The minimum Gasteiger partial charge on any atom is -0.354 e. The molecule has 3 heterocycles. The van der Waals surface area contributed by atoms with Crippen LogP contribution in [0.3, 0.4) is 0 Å². The van der Waals surface area contributed by atoms with Crippen LogP contribution in [0.25, 0.3) is 0 Å². The van der Waals surface area contributed by atoms with Crippen molar-refractivity contribution in [1.82, 2.24) is 24.4 Å². The van der Waals surface area contributed by atoms with Gasteiger partial charge >= 0.3 is 5.69 Å². The average Bonchev–Trinajstić information content (AvgIpc) is 2.72. The first-order valence-electron chi connectivity index (χ1n) is 11.7. The molecule has 0 atom stereocenters. The topological polar surface area (TPSA) is 67.2 Å². The Morgan fingerprint density at radius 2 is 1.71 bits per heavy atom. The van der Waals surface area contributed by atoms with Gasteiger partial charge in [-0.3, -0.25) is 9.47 Å². The van der Waals surface area contributed by atoms with Gasteiger partial charge in [-0.25, -0.2) is 14.8 Å². The summed E-state index contributed by atoms with van der Waals surface area (Å²) in [6, 6.07) is 4.08. The summed E-state index contributed by atoms with van der Waals surface area (Å²) in [5, 5.41) is 0. The molecule has 1 aliphatic heterocycles. The molecule has 0 unspecified atom stereocenters. The van der Waals surface area contributed by atoms with Crippen molar-refractivity contribution in [2.24, 2.45) is 0 Å². The summed E-state index contributed by atoms with van der Waals surface area (Å²) in [6.45, 7) is 16.5. The van der Waals surface area contributed by atoms with Crippen LogP contribution in [0.15, 0.2) is 23.1 Å². The lowest BCUT2D eigenvalue weighted by Crippen LogP contribution is -2.47. The van der Waals surface area contributed by atoms with E-state index in [1.807, 2.05) is 19.2 Å². The average molecular weight is 427 g/mol. The zero-order valence-corrected chi connectivity index (χ0v) is 19.9. The zero-order chi connectivity index (χ0) is 22.4. The molecule has 2 aromatic rings. The van der Waals surface area contributed by atoms with Gasteiger partial charge in [-0.15, -0.1) is 0 Å². The third kappa shape index (κ3) is 6.60. The molecule has 7 nitrogen and oxygen atoms in total. The van der Waals surface area contributed by atoms with Crippen LogP contribution < -0.4 is 10.6 Å². The molecule has 1 saturated heterocycles. The van der Waals surface area contributed by atoms with Crippen molar-refractivity contribution in [3.05, 3.63) is 46.0 Å². The van der Waals surface area contributed by atoms with Crippen LogP contribution in [0, 0.1) is 6.92 Å². The van der Waals surface area contributed by atoms with E-state index in [4.69, 9.17) is 9.97 Å². The normalized spacial score (nSPS) is 15.5. The third-order valence-corrected chi connectivity index (χ3v) is 5.78. The van der Waals surface area contributed by atoms with E-state index in [0.717, 1.165) is 88.0 Å². The lowest BCUT2D eigenvalue weighted by Gasteiger charge is -2.36. The number of aryl methyl sites for hydroxylation is 3. The van der Waals surface area contributed by atoms with E-state index in [-0.39, 0.29) is 11.1 Å². The molecule has 3 rings (SSSR count). The molecule has 0 aromatic carbocycles. The SMILES string of the molecule is CCCc1cc(N2CCN(CCCCn3ccc(C)nc3=O)CC2)nc(C(C)(C)C)n1. The molecular formula is C24H38N6O. The zero-order valence-electron chi connectivity index (χ0n) is 19.9. The summed E-state index contributed by atoms with van der Waals surface area (Å²) >= 11 is 0. The lowest BCUT2D eigenvalue weighted by molar-refractivity contribution is 0.250. The lowest BCUT2D eigenvalue weighted by atomic mass is 9.95. The Balaban J connectivity index is 1.50. The standard InChI is InChI=1S/C24H38N6O/c1-6-9-20-18-21(27-22(26-20)24(3,4)5)29-16-14-28(15-17-29)11-7-8-12-30-13-10-19(2)25-23(30)31/h10,13,18H,6-9,11-12,14-17H2,1-5H3. The van der Waals surface area contributed by atoms with Crippen LogP contribution in [-0.2, 0) is 18.4 Å². The predicted octanol–water partition coefficient (Wildman–Crippen LogP) is 3.19. The van der Waals surface area contributed by atoms with E-state index < -0.39 is 0 Å². The Hall–Kier alpha value is -2.28. The molecule has 0 bridgehead atoms. The number of rotatable bonds is 8. The molecule has 170 valence electrons. The molecule has 2 aromatic heterocycles. The van der Waals surface area contributed by atoms with Crippen LogP contribution in [0.1, 0.15) is 64.2 Å². The van der Waals surface area contributed by atoms with Gasteiger partial charge in [-0.1, -0.05) is 34.1 Å². The van der Waals surface area contributed by atoms with Crippen molar-refractivity contribution in [3.8, 4) is 0 Å². The Labute approximate surface area is 186 Å². The summed E-state index contributed by atoms with van der Waals surface area (Å²) in [4.78, 5) is 30.5. The van der Waals surface area contributed by atoms with Crippen LogP contribution in [-0.4, -0.2) is 57.1 Å². The number of hydrogen-bond donors (Lipinski definition) is 0. The summed E-state index contributed by atoms with van der Waals surface area (Å²) in [5.74, 6) is 2.02. The molecular weight excluding hydrogens is 388 g/mol. The monoisotopic (exact) mass is 426 g/mol. The van der Waals surface area contributed by atoms with Gasteiger partial charge in [0.1, 0.15) is 11.6 Å². The maximum atomic E-state index is 11.9. The minimum atomic E-state index is -0.143. The predicted molar refractivity (Wildman–Crippen MR) is 126 cm³/mol. The fourth-order valence-electron chi connectivity index (χ4n) is 3.87. The quantitative estimate of drug-likeness (QED) is 0.604. The fourth-order valence-corrected chi connectivity index (χ4v) is 3.87. The number of aromatic nitrogens is 4. The van der Waals surface area contributed by atoms with Crippen LogP contribution in [0.5, 0.6) is 0 Å². The molecule has 0 aliphatic carbocycles. The van der Waals surface area contributed by atoms with Gasteiger partial charge in [0, 0.05) is 61.8 Å². The van der Waals surface area contributed by atoms with Gasteiger partial charge in [0.25, 0.3) is 0 Å². The maximum absolute atomic E-state index is 11.9. The summed E-state index contributed by atoms with van der Waals surface area (Å²) in [5.41, 5.74) is 1.74. The third-order valence-electron chi connectivity index (χ3n) is 5.78. The van der Waals surface area contributed by atoms with Crippen molar-refractivity contribution in [3.63, 3.8) is 0 Å². The molecule has 7 heteroatoms. The second-order valence-electron chi connectivity index (χ2n) is 9.62. The second kappa shape index (κ2) is 10.4. The first-order chi connectivity index (χ1) is 14.8. The minimum absolute atomic E-state index is 0.0464. The Morgan fingerprint density at radius 1 is 1.00 bits per heavy atom. The molecule has 1 aliphatic rings. The first-order valence-corrected chi connectivity index (χ1v) is 11.7. The summed E-state index contributed by atoms with van der Waals surface area (Å²) < 4.78 is 1.71. The van der Waals surface area contributed by atoms with Crippen molar-refractivity contribution in [2.45, 2.75) is 72.3 Å². The van der Waals surface area contributed by atoms with E-state index in [1.165, 1.54) is 0 Å². The first kappa shape index (κ1) is 23.4. The van der Waals surface area contributed by atoms with Crippen LogP contribution >= 0.6 is 0 Å². The number of unbranched alkanes of at least 4 members (excludes halogenated alkanes) is 1. The largest absolute Gasteiger partial charge is 0.354 e. The van der Waals surface area contributed by atoms with Gasteiger partial charge < -0.3 is 4.90 Å². The van der Waals surface area contributed by atoms with Gasteiger partial charge in [-0.05, 0) is 38.8 Å². The highest BCUT2D eigenvalue weighted by atomic mass is 16.1. The van der Waals surface area contributed by atoms with Crippen molar-refractivity contribution in [2.75, 3.05) is 37.6 Å².